The topological polar surface area (TPSA) is 76.5 Å². The third-order valence-corrected chi connectivity index (χ3v) is 7.16. The fraction of sp³-hybridized carbons (Fsp3) is 0.381. The number of imidazole rings is 1. The molecule has 0 radical (unpaired) electrons. The van der Waals surface area contributed by atoms with Gasteiger partial charge in [-0.05, 0) is 43.2 Å². The largest absolute Gasteiger partial charge is 0.495 e. The van der Waals surface area contributed by atoms with E-state index in [-0.39, 0.29) is 4.90 Å². The summed E-state index contributed by atoms with van der Waals surface area (Å²) in [6, 6.07) is 8.81. The molecule has 0 aliphatic heterocycles. The van der Waals surface area contributed by atoms with E-state index in [9.17, 15) is 8.42 Å². The lowest BCUT2D eigenvalue weighted by atomic mass is 10.2. The SMILES string of the molecule is CCCn1c(CNc2cc(C)c(Cl)cc2OC)nc2cc(S(=O)(=O)N(C)C)ccc21. The minimum absolute atomic E-state index is 0.232. The molecule has 0 unspecified atom stereocenters. The van der Waals surface area contributed by atoms with Crippen LogP contribution in [0.3, 0.4) is 0 Å². The van der Waals surface area contributed by atoms with Crippen molar-refractivity contribution in [3.05, 3.63) is 46.7 Å². The van der Waals surface area contributed by atoms with Gasteiger partial charge in [-0.1, -0.05) is 18.5 Å². The van der Waals surface area contributed by atoms with E-state index in [4.69, 9.17) is 21.3 Å². The Labute approximate surface area is 182 Å². The summed E-state index contributed by atoms with van der Waals surface area (Å²) in [5.41, 5.74) is 3.33. The number of ether oxygens (including phenoxy) is 1. The number of methoxy groups -OCH3 is 1. The Kier molecular flexibility index (Phi) is 6.59. The molecule has 1 N–H and O–H groups in total. The van der Waals surface area contributed by atoms with Gasteiger partial charge in [0.15, 0.2) is 0 Å². The first kappa shape index (κ1) is 22.4. The molecule has 0 atom stereocenters. The summed E-state index contributed by atoms with van der Waals surface area (Å²) in [5, 5.41) is 4.02. The van der Waals surface area contributed by atoms with E-state index < -0.39 is 10.0 Å². The molecule has 0 amide bonds. The van der Waals surface area contributed by atoms with Gasteiger partial charge in [-0.3, -0.25) is 0 Å². The number of sulfonamides is 1. The average Bonchev–Trinajstić information content (AvgIpc) is 3.05. The Bertz CT molecular complexity index is 1170. The van der Waals surface area contributed by atoms with Crippen LogP contribution >= 0.6 is 11.6 Å². The molecular weight excluding hydrogens is 424 g/mol. The first-order valence-electron chi connectivity index (χ1n) is 9.68. The summed E-state index contributed by atoms with van der Waals surface area (Å²) < 4.78 is 33.7. The predicted octanol–water partition coefficient (Wildman–Crippen LogP) is 4.28. The van der Waals surface area contributed by atoms with Crippen LogP contribution in [0.5, 0.6) is 5.75 Å². The summed E-state index contributed by atoms with van der Waals surface area (Å²) in [4.78, 5) is 4.96. The van der Waals surface area contributed by atoms with Crippen LogP contribution in [-0.2, 0) is 23.1 Å². The maximum atomic E-state index is 12.5. The molecule has 7 nitrogen and oxygen atoms in total. The van der Waals surface area contributed by atoms with E-state index in [2.05, 4.69) is 16.8 Å². The molecule has 1 aromatic heterocycles. The molecule has 0 aliphatic rings. The summed E-state index contributed by atoms with van der Waals surface area (Å²) in [5.74, 6) is 1.48. The molecule has 3 aromatic rings. The van der Waals surface area contributed by atoms with E-state index in [1.54, 1.807) is 25.3 Å². The molecular formula is C21H27ClN4O3S. The summed E-state index contributed by atoms with van der Waals surface area (Å²) in [6.45, 7) is 5.28. The second-order valence-corrected chi connectivity index (χ2v) is 9.83. The van der Waals surface area contributed by atoms with Gasteiger partial charge in [-0.15, -0.1) is 0 Å². The lowest BCUT2D eigenvalue weighted by Crippen LogP contribution is -2.22. The Balaban J connectivity index is 1.99. The number of anilines is 1. The molecule has 0 spiro atoms. The molecule has 0 aliphatic carbocycles. The molecule has 0 saturated carbocycles. The minimum atomic E-state index is -3.52. The molecule has 0 fully saturated rings. The zero-order valence-corrected chi connectivity index (χ0v) is 19.4. The van der Waals surface area contributed by atoms with Crippen LogP contribution in [0.4, 0.5) is 5.69 Å². The Morgan fingerprint density at radius 2 is 1.97 bits per heavy atom. The molecule has 9 heteroatoms. The van der Waals surface area contributed by atoms with Crippen LogP contribution < -0.4 is 10.1 Å². The van der Waals surface area contributed by atoms with Crippen LogP contribution in [0, 0.1) is 6.92 Å². The second-order valence-electron chi connectivity index (χ2n) is 7.27. The average molecular weight is 451 g/mol. The van der Waals surface area contributed by atoms with Crippen molar-refractivity contribution in [2.24, 2.45) is 0 Å². The van der Waals surface area contributed by atoms with E-state index in [0.29, 0.717) is 22.8 Å². The van der Waals surface area contributed by atoms with Gasteiger partial charge in [0.1, 0.15) is 11.6 Å². The third-order valence-electron chi connectivity index (χ3n) is 4.94. The van der Waals surface area contributed by atoms with Gasteiger partial charge in [0.05, 0.1) is 35.3 Å². The van der Waals surface area contributed by atoms with Crippen molar-refractivity contribution in [3.8, 4) is 5.75 Å². The normalized spacial score (nSPS) is 12.0. The molecule has 3 rings (SSSR count). The highest BCUT2D eigenvalue weighted by Gasteiger charge is 2.20. The zero-order valence-electron chi connectivity index (χ0n) is 17.9. The quantitative estimate of drug-likeness (QED) is 0.554. The van der Waals surface area contributed by atoms with Crippen LogP contribution in [-0.4, -0.2) is 43.5 Å². The number of hydrogen-bond acceptors (Lipinski definition) is 5. The fourth-order valence-electron chi connectivity index (χ4n) is 3.28. The second kappa shape index (κ2) is 8.83. The lowest BCUT2D eigenvalue weighted by molar-refractivity contribution is 0.416. The molecule has 2 aromatic carbocycles. The molecule has 0 saturated heterocycles. The number of fused-ring (bicyclic) bond motifs is 1. The van der Waals surface area contributed by atoms with Gasteiger partial charge in [-0.25, -0.2) is 17.7 Å². The molecule has 0 bridgehead atoms. The van der Waals surface area contributed by atoms with Gasteiger partial charge in [0.2, 0.25) is 10.0 Å². The first-order valence-corrected chi connectivity index (χ1v) is 11.5. The minimum Gasteiger partial charge on any atom is -0.495 e. The number of benzene rings is 2. The smallest absolute Gasteiger partial charge is 0.242 e. The number of hydrogen-bond donors (Lipinski definition) is 1. The maximum Gasteiger partial charge on any atom is 0.242 e. The van der Waals surface area contributed by atoms with Gasteiger partial charge < -0.3 is 14.6 Å². The van der Waals surface area contributed by atoms with Crippen LogP contribution in [0.25, 0.3) is 11.0 Å². The van der Waals surface area contributed by atoms with E-state index >= 15 is 0 Å². The van der Waals surface area contributed by atoms with Crippen molar-refractivity contribution in [2.75, 3.05) is 26.5 Å². The third kappa shape index (κ3) is 4.26. The van der Waals surface area contributed by atoms with Gasteiger partial charge in [-0.2, -0.15) is 0 Å². The van der Waals surface area contributed by atoms with Crippen molar-refractivity contribution < 1.29 is 13.2 Å². The van der Waals surface area contributed by atoms with Crippen LogP contribution in [0.15, 0.2) is 35.2 Å². The number of rotatable bonds is 8. The molecule has 1 heterocycles. The Morgan fingerprint density at radius 1 is 1.23 bits per heavy atom. The van der Waals surface area contributed by atoms with E-state index in [1.165, 1.54) is 18.4 Å². The summed E-state index contributed by atoms with van der Waals surface area (Å²) in [7, 11) is 1.12. The van der Waals surface area contributed by atoms with Crippen LogP contribution in [0.2, 0.25) is 5.02 Å². The van der Waals surface area contributed by atoms with Gasteiger partial charge in [0, 0.05) is 31.7 Å². The van der Waals surface area contributed by atoms with Crippen molar-refractivity contribution in [2.45, 2.75) is 38.3 Å². The highest BCUT2D eigenvalue weighted by molar-refractivity contribution is 7.89. The summed E-state index contributed by atoms with van der Waals surface area (Å²) in [6.07, 6.45) is 0.930. The van der Waals surface area contributed by atoms with Gasteiger partial charge >= 0.3 is 0 Å². The van der Waals surface area contributed by atoms with E-state index in [0.717, 1.165) is 35.6 Å². The van der Waals surface area contributed by atoms with Crippen molar-refractivity contribution in [1.82, 2.24) is 13.9 Å². The maximum absolute atomic E-state index is 12.5. The van der Waals surface area contributed by atoms with Crippen molar-refractivity contribution in [1.29, 1.82) is 0 Å². The van der Waals surface area contributed by atoms with Gasteiger partial charge in [0.25, 0.3) is 0 Å². The monoisotopic (exact) mass is 450 g/mol. The highest BCUT2D eigenvalue weighted by Crippen LogP contribution is 2.31. The highest BCUT2D eigenvalue weighted by atomic mass is 35.5. The number of aromatic nitrogens is 2. The van der Waals surface area contributed by atoms with Crippen molar-refractivity contribution in [3.63, 3.8) is 0 Å². The summed E-state index contributed by atoms with van der Waals surface area (Å²) >= 11 is 6.20. The standard InChI is InChI=1S/C21H27ClN4O3S/c1-6-9-26-19-8-7-15(30(27,28)25(3)4)11-17(19)24-21(26)13-23-18-10-14(2)16(22)12-20(18)29-5/h7-8,10-12,23H,6,9,13H2,1-5H3. The molecule has 30 heavy (non-hydrogen) atoms. The predicted molar refractivity (Wildman–Crippen MR) is 121 cm³/mol. The first-order chi connectivity index (χ1) is 14.2. The number of nitrogens with zero attached hydrogens (tertiary/aromatic N) is 3. The fourth-order valence-corrected chi connectivity index (χ4v) is 4.36. The Morgan fingerprint density at radius 3 is 2.60 bits per heavy atom. The molecule has 162 valence electrons. The van der Waals surface area contributed by atoms with Crippen molar-refractivity contribution >= 4 is 38.3 Å². The lowest BCUT2D eigenvalue weighted by Gasteiger charge is -2.14. The Hall–Kier alpha value is -2.29. The van der Waals surface area contributed by atoms with Crippen LogP contribution in [0.1, 0.15) is 24.7 Å². The number of aryl methyl sites for hydroxylation is 2. The van der Waals surface area contributed by atoms with E-state index in [1.807, 2.05) is 19.1 Å². The number of halogens is 1. The zero-order chi connectivity index (χ0) is 22.1. The number of nitrogens with one attached hydrogen (secondary N) is 1.